The summed E-state index contributed by atoms with van der Waals surface area (Å²) in [5.74, 6) is -0.903. The molecule has 28 heavy (non-hydrogen) atoms. The summed E-state index contributed by atoms with van der Waals surface area (Å²) in [6, 6.07) is 13.0. The average molecular weight is 444 g/mol. The predicted molar refractivity (Wildman–Crippen MR) is 111 cm³/mol. The molecule has 2 aromatic carbocycles. The number of benzene rings is 2. The van der Waals surface area contributed by atoms with E-state index >= 15 is 0 Å². The number of hydrogen-bond acceptors (Lipinski definition) is 5. The zero-order valence-electron chi connectivity index (χ0n) is 15.1. The van der Waals surface area contributed by atoms with Crippen LogP contribution in [0.2, 0.25) is 0 Å². The van der Waals surface area contributed by atoms with Crippen molar-refractivity contribution in [3.8, 4) is 0 Å². The molecule has 0 aliphatic heterocycles. The van der Waals surface area contributed by atoms with E-state index in [1.807, 2.05) is 37.3 Å². The highest BCUT2D eigenvalue weighted by Gasteiger charge is 2.21. The molecule has 1 atom stereocenters. The number of fused-ring (bicyclic) bond motifs is 1. The van der Waals surface area contributed by atoms with Gasteiger partial charge in [0.1, 0.15) is 11.9 Å². The molecule has 2 N–H and O–H groups in total. The van der Waals surface area contributed by atoms with Gasteiger partial charge in [-0.1, -0.05) is 46.3 Å². The Morgan fingerprint density at radius 1 is 1.32 bits per heavy atom. The molecule has 3 rings (SSSR count). The maximum absolute atomic E-state index is 11.6. The average Bonchev–Trinajstić information content (AvgIpc) is 2.67. The van der Waals surface area contributed by atoms with E-state index in [0.29, 0.717) is 23.0 Å². The second kappa shape index (κ2) is 8.35. The van der Waals surface area contributed by atoms with E-state index in [-0.39, 0.29) is 18.2 Å². The quantitative estimate of drug-likeness (QED) is 0.388. The molecule has 1 unspecified atom stereocenters. The Hall–Kier alpha value is -3.00. The van der Waals surface area contributed by atoms with Crippen molar-refractivity contribution >= 4 is 44.2 Å². The van der Waals surface area contributed by atoms with Gasteiger partial charge in [-0.2, -0.15) is 0 Å². The van der Waals surface area contributed by atoms with Crippen LogP contribution >= 0.6 is 15.9 Å². The van der Waals surface area contributed by atoms with E-state index in [4.69, 9.17) is 5.11 Å². The minimum Gasteiger partial charge on any atom is -0.481 e. The summed E-state index contributed by atoms with van der Waals surface area (Å²) < 4.78 is 0.727. The normalized spacial score (nSPS) is 11.9. The van der Waals surface area contributed by atoms with E-state index in [1.165, 1.54) is 6.20 Å². The number of carboxylic acids is 1. The van der Waals surface area contributed by atoms with Crippen LogP contribution in [0.1, 0.15) is 30.5 Å². The van der Waals surface area contributed by atoms with Crippen molar-refractivity contribution < 1.29 is 14.8 Å². The Morgan fingerprint density at radius 3 is 2.68 bits per heavy atom. The van der Waals surface area contributed by atoms with Gasteiger partial charge in [-0.05, 0) is 36.6 Å². The third kappa shape index (κ3) is 4.28. The maximum atomic E-state index is 11.6. The van der Waals surface area contributed by atoms with Gasteiger partial charge >= 0.3 is 11.7 Å². The molecule has 0 saturated carbocycles. The number of pyridine rings is 1. The Kier molecular flexibility index (Phi) is 5.89. The lowest BCUT2D eigenvalue weighted by atomic mass is 10.0. The second-order valence-electron chi connectivity index (χ2n) is 6.41. The summed E-state index contributed by atoms with van der Waals surface area (Å²) in [5.41, 5.74) is 2.58. The third-order valence-electron chi connectivity index (χ3n) is 4.48. The van der Waals surface area contributed by atoms with Gasteiger partial charge in [-0.3, -0.25) is 14.9 Å². The number of carboxylic acid groups (broad SMARTS) is 1. The summed E-state index contributed by atoms with van der Waals surface area (Å²) in [7, 11) is 0. The van der Waals surface area contributed by atoms with E-state index in [2.05, 4.69) is 26.2 Å². The van der Waals surface area contributed by atoms with Crippen molar-refractivity contribution in [2.45, 2.75) is 25.8 Å². The van der Waals surface area contributed by atoms with Crippen LogP contribution in [0.3, 0.4) is 0 Å². The van der Waals surface area contributed by atoms with Gasteiger partial charge in [0.05, 0.1) is 10.4 Å². The van der Waals surface area contributed by atoms with E-state index in [9.17, 15) is 14.9 Å². The molecule has 0 fully saturated rings. The zero-order valence-corrected chi connectivity index (χ0v) is 16.6. The molecule has 1 aromatic heterocycles. The zero-order chi connectivity index (χ0) is 20.3. The third-order valence-corrected chi connectivity index (χ3v) is 5.22. The summed E-state index contributed by atoms with van der Waals surface area (Å²) in [6.07, 6.45) is 1.52. The molecule has 8 heteroatoms. The number of nitrogens with zero attached hydrogens (tertiary/aromatic N) is 2. The molecular formula is C20H18BrN3O4. The minimum atomic E-state index is -0.903. The fourth-order valence-electron chi connectivity index (χ4n) is 3.01. The highest BCUT2D eigenvalue weighted by molar-refractivity contribution is 9.10. The van der Waals surface area contributed by atoms with Crippen molar-refractivity contribution in [1.82, 2.24) is 4.98 Å². The molecule has 0 aliphatic carbocycles. The number of carbonyl (C=O) groups is 1. The minimum absolute atomic E-state index is 0.0321. The van der Waals surface area contributed by atoms with Crippen molar-refractivity contribution in [2.75, 3.05) is 5.32 Å². The number of hydrogen-bond donors (Lipinski definition) is 2. The number of nitrogens with one attached hydrogen (secondary N) is 1. The first kappa shape index (κ1) is 19.8. The van der Waals surface area contributed by atoms with Crippen LogP contribution in [0.15, 0.2) is 53.1 Å². The van der Waals surface area contributed by atoms with E-state index in [1.54, 1.807) is 12.1 Å². The Labute approximate surface area is 169 Å². The Morgan fingerprint density at radius 2 is 2.04 bits per heavy atom. The van der Waals surface area contributed by atoms with E-state index in [0.717, 1.165) is 15.6 Å². The smallest absolute Gasteiger partial charge is 0.311 e. The molecule has 1 heterocycles. The SMILES string of the molecule is CC(Nc1c([N+](=O)[O-])cnc2cc(Br)c(CCC(=O)O)cc12)c1ccccc1. The lowest BCUT2D eigenvalue weighted by molar-refractivity contribution is -0.384. The van der Waals surface area contributed by atoms with Gasteiger partial charge in [0, 0.05) is 22.3 Å². The number of aryl methyl sites for hydroxylation is 1. The predicted octanol–water partition coefficient (Wildman–Crippen LogP) is 5.10. The van der Waals surface area contributed by atoms with Crippen molar-refractivity contribution in [3.63, 3.8) is 0 Å². The van der Waals surface area contributed by atoms with E-state index < -0.39 is 10.9 Å². The molecule has 0 radical (unpaired) electrons. The van der Waals surface area contributed by atoms with Gasteiger partial charge in [0.25, 0.3) is 0 Å². The largest absolute Gasteiger partial charge is 0.481 e. The monoisotopic (exact) mass is 443 g/mol. The molecular weight excluding hydrogens is 426 g/mol. The van der Waals surface area contributed by atoms with Crippen LogP contribution in [-0.4, -0.2) is 21.0 Å². The lowest BCUT2D eigenvalue weighted by Gasteiger charge is -2.18. The van der Waals surface area contributed by atoms with Crippen LogP contribution < -0.4 is 5.32 Å². The van der Waals surface area contributed by atoms with Gasteiger partial charge < -0.3 is 10.4 Å². The van der Waals surface area contributed by atoms with Crippen molar-refractivity contribution in [2.24, 2.45) is 0 Å². The second-order valence-corrected chi connectivity index (χ2v) is 7.26. The van der Waals surface area contributed by atoms with Crippen LogP contribution in [0.4, 0.5) is 11.4 Å². The molecule has 144 valence electrons. The number of anilines is 1. The maximum Gasteiger partial charge on any atom is 0.311 e. The van der Waals surface area contributed by atoms with Gasteiger partial charge in [-0.15, -0.1) is 0 Å². The van der Waals surface area contributed by atoms with Crippen molar-refractivity contribution in [1.29, 1.82) is 0 Å². The number of aromatic nitrogens is 1. The number of rotatable bonds is 7. The summed E-state index contributed by atoms with van der Waals surface area (Å²) >= 11 is 3.44. The molecule has 3 aromatic rings. The Bertz CT molecular complexity index is 1040. The van der Waals surface area contributed by atoms with Gasteiger partial charge in [-0.25, -0.2) is 4.98 Å². The number of halogens is 1. The van der Waals surface area contributed by atoms with Crippen LogP contribution in [0.25, 0.3) is 10.9 Å². The highest BCUT2D eigenvalue weighted by atomic mass is 79.9. The highest BCUT2D eigenvalue weighted by Crippen LogP contribution is 2.36. The number of aliphatic carboxylic acids is 1. The first-order valence-electron chi connectivity index (χ1n) is 8.65. The molecule has 0 bridgehead atoms. The fraction of sp³-hybridized carbons (Fsp3) is 0.200. The van der Waals surface area contributed by atoms with Crippen LogP contribution in [0, 0.1) is 10.1 Å². The summed E-state index contributed by atoms with van der Waals surface area (Å²) in [5, 5.41) is 24.4. The topological polar surface area (TPSA) is 105 Å². The van der Waals surface area contributed by atoms with Gasteiger partial charge in [0.15, 0.2) is 0 Å². The molecule has 0 aliphatic rings. The molecule has 0 amide bonds. The first-order chi connectivity index (χ1) is 13.4. The Balaban J connectivity index is 2.11. The first-order valence-corrected chi connectivity index (χ1v) is 9.45. The van der Waals surface area contributed by atoms with Crippen LogP contribution in [0.5, 0.6) is 0 Å². The summed E-state index contributed by atoms with van der Waals surface area (Å²) in [6.45, 7) is 1.93. The number of nitro groups is 1. The van der Waals surface area contributed by atoms with Crippen LogP contribution in [-0.2, 0) is 11.2 Å². The lowest BCUT2D eigenvalue weighted by Crippen LogP contribution is -2.09. The van der Waals surface area contributed by atoms with Gasteiger partial charge in [0.2, 0.25) is 0 Å². The fourth-order valence-corrected chi connectivity index (χ4v) is 3.54. The molecule has 0 saturated heterocycles. The van der Waals surface area contributed by atoms with Crippen molar-refractivity contribution in [3.05, 3.63) is 74.4 Å². The standard InChI is InChI=1S/C20H18BrN3O4/c1-12(13-5-3-2-4-6-13)23-20-15-9-14(7-8-19(25)26)16(21)10-17(15)22-11-18(20)24(27)28/h2-6,9-12H,7-8H2,1H3,(H,22,23)(H,25,26). The summed E-state index contributed by atoms with van der Waals surface area (Å²) in [4.78, 5) is 26.3. The molecule has 0 spiro atoms. The molecule has 7 nitrogen and oxygen atoms in total.